The van der Waals surface area contributed by atoms with Gasteiger partial charge in [-0.2, -0.15) is 5.10 Å². The summed E-state index contributed by atoms with van der Waals surface area (Å²) >= 11 is 3.52. The predicted octanol–water partition coefficient (Wildman–Crippen LogP) is 2.69. The molecule has 0 spiro atoms. The van der Waals surface area contributed by atoms with Gasteiger partial charge in [0.05, 0.1) is 31.2 Å². The highest BCUT2D eigenvalue weighted by Gasteiger charge is 2.26. The first-order chi connectivity index (χ1) is 12.6. The Morgan fingerprint density at radius 2 is 2.08 bits per heavy atom. The molecule has 1 fully saturated rings. The molecule has 4 rings (SSSR count). The molecule has 3 aromatic rings. The van der Waals surface area contributed by atoms with Gasteiger partial charge in [0.15, 0.2) is 5.76 Å². The van der Waals surface area contributed by atoms with E-state index in [0.29, 0.717) is 31.3 Å². The van der Waals surface area contributed by atoms with Crippen LogP contribution in [-0.2, 0) is 18.4 Å². The SMILES string of the molecule is Cn1cc(N2CCN(Cc3ncc(-c4ccccc4Br)o3)CC2=O)cn1. The van der Waals surface area contributed by atoms with Crippen LogP contribution in [0.5, 0.6) is 0 Å². The van der Waals surface area contributed by atoms with E-state index in [2.05, 4.69) is 26.0 Å². The number of rotatable bonds is 4. The van der Waals surface area contributed by atoms with Crippen LogP contribution in [0.4, 0.5) is 5.69 Å². The molecule has 3 heterocycles. The summed E-state index contributed by atoms with van der Waals surface area (Å²) < 4.78 is 8.54. The van der Waals surface area contributed by atoms with Gasteiger partial charge in [-0.25, -0.2) is 4.98 Å². The average molecular weight is 416 g/mol. The monoisotopic (exact) mass is 415 g/mol. The molecule has 0 aliphatic carbocycles. The second-order valence-electron chi connectivity index (χ2n) is 6.23. The van der Waals surface area contributed by atoms with Crippen LogP contribution in [0.2, 0.25) is 0 Å². The number of carbonyl (C=O) groups is 1. The molecule has 0 saturated carbocycles. The number of aryl methyl sites for hydroxylation is 1. The average Bonchev–Trinajstić information content (AvgIpc) is 3.25. The van der Waals surface area contributed by atoms with Gasteiger partial charge < -0.3 is 9.32 Å². The zero-order valence-electron chi connectivity index (χ0n) is 14.3. The maximum atomic E-state index is 12.5. The molecule has 0 radical (unpaired) electrons. The van der Waals surface area contributed by atoms with Crippen molar-refractivity contribution in [2.45, 2.75) is 6.54 Å². The van der Waals surface area contributed by atoms with Crippen LogP contribution in [0, 0.1) is 0 Å². The lowest BCUT2D eigenvalue weighted by Gasteiger charge is -2.32. The highest BCUT2D eigenvalue weighted by Crippen LogP contribution is 2.28. The van der Waals surface area contributed by atoms with Gasteiger partial charge in [0.25, 0.3) is 0 Å². The molecular formula is C18H18BrN5O2. The van der Waals surface area contributed by atoms with Crippen molar-refractivity contribution in [3.63, 3.8) is 0 Å². The first-order valence-electron chi connectivity index (χ1n) is 8.31. The maximum absolute atomic E-state index is 12.5. The molecule has 134 valence electrons. The summed E-state index contributed by atoms with van der Waals surface area (Å²) in [6.45, 7) is 2.23. The van der Waals surface area contributed by atoms with E-state index in [4.69, 9.17) is 4.42 Å². The summed E-state index contributed by atoms with van der Waals surface area (Å²) in [6.07, 6.45) is 5.29. The summed E-state index contributed by atoms with van der Waals surface area (Å²) in [7, 11) is 1.84. The number of halogens is 1. The second-order valence-corrected chi connectivity index (χ2v) is 7.08. The van der Waals surface area contributed by atoms with E-state index in [1.54, 1.807) is 22.0 Å². The zero-order chi connectivity index (χ0) is 18.1. The third kappa shape index (κ3) is 3.42. The van der Waals surface area contributed by atoms with E-state index in [1.165, 1.54) is 0 Å². The Balaban J connectivity index is 1.42. The van der Waals surface area contributed by atoms with Gasteiger partial charge in [0, 0.05) is 36.4 Å². The normalized spacial score (nSPS) is 15.6. The zero-order valence-corrected chi connectivity index (χ0v) is 15.9. The van der Waals surface area contributed by atoms with Gasteiger partial charge in [-0.1, -0.05) is 34.1 Å². The van der Waals surface area contributed by atoms with Gasteiger partial charge >= 0.3 is 0 Å². The highest BCUT2D eigenvalue weighted by atomic mass is 79.9. The molecule has 26 heavy (non-hydrogen) atoms. The fourth-order valence-electron chi connectivity index (χ4n) is 3.04. The van der Waals surface area contributed by atoms with E-state index in [1.807, 2.05) is 42.4 Å². The van der Waals surface area contributed by atoms with Crippen molar-refractivity contribution < 1.29 is 9.21 Å². The van der Waals surface area contributed by atoms with Gasteiger partial charge in [-0.05, 0) is 6.07 Å². The Kier molecular flexibility index (Phi) is 4.60. The largest absolute Gasteiger partial charge is 0.439 e. The third-order valence-corrected chi connectivity index (χ3v) is 5.05. The van der Waals surface area contributed by atoms with E-state index in [9.17, 15) is 4.79 Å². The topological polar surface area (TPSA) is 67.4 Å². The van der Waals surface area contributed by atoms with Crippen molar-refractivity contribution in [2.75, 3.05) is 24.5 Å². The van der Waals surface area contributed by atoms with Crippen molar-refractivity contribution in [2.24, 2.45) is 7.05 Å². The lowest BCUT2D eigenvalue weighted by molar-refractivity contribution is -0.121. The number of nitrogens with zero attached hydrogens (tertiary/aromatic N) is 5. The Morgan fingerprint density at radius 3 is 2.81 bits per heavy atom. The molecule has 0 unspecified atom stereocenters. The number of aromatic nitrogens is 3. The number of carbonyl (C=O) groups excluding carboxylic acids is 1. The third-order valence-electron chi connectivity index (χ3n) is 4.35. The summed E-state index contributed by atoms with van der Waals surface area (Å²) in [5.74, 6) is 1.38. The van der Waals surface area contributed by atoms with Crippen molar-refractivity contribution in [3.05, 3.63) is 53.2 Å². The molecule has 1 amide bonds. The second kappa shape index (κ2) is 7.05. The number of hydrogen-bond acceptors (Lipinski definition) is 5. The minimum atomic E-state index is 0.0573. The summed E-state index contributed by atoms with van der Waals surface area (Å²) in [5, 5.41) is 4.13. The molecule has 1 aromatic carbocycles. The van der Waals surface area contributed by atoms with Crippen molar-refractivity contribution in [1.29, 1.82) is 0 Å². The van der Waals surface area contributed by atoms with Crippen LogP contribution < -0.4 is 4.90 Å². The van der Waals surface area contributed by atoms with Crippen LogP contribution in [-0.4, -0.2) is 45.2 Å². The first kappa shape index (κ1) is 17.0. The molecule has 0 bridgehead atoms. The lowest BCUT2D eigenvalue weighted by Crippen LogP contribution is -2.50. The molecular weight excluding hydrogens is 398 g/mol. The van der Waals surface area contributed by atoms with Crippen LogP contribution in [0.25, 0.3) is 11.3 Å². The molecule has 0 N–H and O–H groups in total. The Hall–Kier alpha value is -2.45. The minimum Gasteiger partial charge on any atom is -0.439 e. The minimum absolute atomic E-state index is 0.0573. The molecule has 7 nitrogen and oxygen atoms in total. The fourth-order valence-corrected chi connectivity index (χ4v) is 3.52. The van der Waals surface area contributed by atoms with Gasteiger partial charge in [-0.3, -0.25) is 14.4 Å². The Bertz CT molecular complexity index is 935. The quantitative estimate of drug-likeness (QED) is 0.655. The van der Waals surface area contributed by atoms with Crippen molar-refractivity contribution in [1.82, 2.24) is 19.7 Å². The number of anilines is 1. The number of amides is 1. The molecule has 8 heteroatoms. The molecule has 1 saturated heterocycles. The molecule has 2 aromatic heterocycles. The highest BCUT2D eigenvalue weighted by molar-refractivity contribution is 9.10. The van der Waals surface area contributed by atoms with E-state index >= 15 is 0 Å². The first-order valence-corrected chi connectivity index (χ1v) is 9.10. The van der Waals surface area contributed by atoms with E-state index < -0.39 is 0 Å². The fraction of sp³-hybridized carbons (Fsp3) is 0.278. The summed E-state index contributed by atoms with van der Waals surface area (Å²) in [6, 6.07) is 7.86. The number of piperazine rings is 1. The van der Waals surface area contributed by atoms with Crippen LogP contribution in [0.15, 0.2) is 51.7 Å². The summed E-state index contributed by atoms with van der Waals surface area (Å²) in [5.41, 5.74) is 1.80. The summed E-state index contributed by atoms with van der Waals surface area (Å²) in [4.78, 5) is 20.6. The van der Waals surface area contributed by atoms with E-state index in [0.717, 1.165) is 22.3 Å². The molecule has 1 aliphatic heterocycles. The standard InChI is InChI=1S/C18H18BrN5O2/c1-22-10-13(8-21-22)24-7-6-23(12-18(24)25)11-17-20-9-16(26-17)14-4-2-3-5-15(14)19/h2-5,8-10H,6-7,11-12H2,1H3. The van der Waals surface area contributed by atoms with Gasteiger partial charge in [-0.15, -0.1) is 0 Å². The lowest BCUT2D eigenvalue weighted by atomic mass is 10.2. The van der Waals surface area contributed by atoms with E-state index in [-0.39, 0.29) is 5.91 Å². The van der Waals surface area contributed by atoms with Gasteiger partial charge in [0.1, 0.15) is 0 Å². The smallest absolute Gasteiger partial charge is 0.241 e. The van der Waals surface area contributed by atoms with Crippen molar-refractivity contribution >= 4 is 27.5 Å². The van der Waals surface area contributed by atoms with Crippen LogP contribution >= 0.6 is 15.9 Å². The molecule has 1 aliphatic rings. The van der Waals surface area contributed by atoms with Crippen LogP contribution in [0.3, 0.4) is 0 Å². The number of benzene rings is 1. The van der Waals surface area contributed by atoms with Gasteiger partial charge in [0.2, 0.25) is 11.8 Å². The number of hydrogen-bond donors (Lipinski definition) is 0. The van der Waals surface area contributed by atoms with Crippen LogP contribution in [0.1, 0.15) is 5.89 Å². The Labute approximate surface area is 159 Å². The predicted molar refractivity (Wildman–Crippen MR) is 100 cm³/mol. The number of oxazole rings is 1. The van der Waals surface area contributed by atoms with Crippen molar-refractivity contribution in [3.8, 4) is 11.3 Å². The molecule has 0 atom stereocenters. The Morgan fingerprint density at radius 1 is 1.23 bits per heavy atom. The maximum Gasteiger partial charge on any atom is 0.241 e.